The molecular formula is C26H24F2N2O2. The van der Waals surface area contributed by atoms with Crippen molar-refractivity contribution in [3.05, 3.63) is 101 Å². The summed E-state index contributed by atoms with van der Waals surface area (Å²) in [6.07, 6.45) is 2.92. The summed E-state index contributed by atoms with van der Waals surface area (Å²) < 4.78 is 33.0. The van der Waals surface area contributed by atoms with Crippen LogP contribution in [-0.4, -0.2) is 24.0 Å². The molecule has 0 atom stereocenters. The van der Waals surface area contributed by atoms with Crippen molar-refractivity contribution >= 4 is 17.8 Å². The van der Waals surface area contributed by atoms with Gasteiger partial charge in [0.1, 0.15) is 24.0 Å². The van der Waals surface area contributed by atoms with Gasteiger partial charge in [0.15, 0.2) is 0 Å². The second-order valence-electron chi connectivity index (χ2n) is 7.68. The average Bonchev–Trinajstić information content (AvgIpc) is 2.82. The number of hydrogen-bond donors (Lipinski definition) is 1. The van der Waals surface area contributed by atoms with E-state index in [-0.39, 0.29) is 11.6 Å². The van der Waals surface area contributed by atoms with E-state index >= 15 is 0 Å². The molecule has 3 aromatic rings. The topological polar surface area (TPSA) is 41.6 Å². The number of urea groups is 1. The molecule has 0 spiro atoms. The van der Waals surface area contributed by atoms with Crippen LogP contribution in [0.4, 0.5) is 19.3 Å². The smallest absolute Gasteiger partial charge is 0.321 e. The Labute approximate surface area is 186 Å². The number of piperidine rings is 1. The van der Waals surface area contributed by atoms with Crippen molar-refractivity contribution in [2.24, 2.45) is 0 Å². The number of ether oxygens (including phenoxy) is 1. The van der Waals surface area contributed by atoms with Crippen molar-refractivity contribution in [2.75, 3.05) is 18.4 Å². The van der Waals surface area contributed by atoms with Crippen LogP contribution in [0.25, 0.3) is 6.08 Å². The number of nitrogens with zero attached hydrogens (tertiary/aromatic N) is 1. The van der Waals surface area contributed by atoms with Crippen LogP contribution in [0.3, 0.4) is 0 Å². The summed E-state index contributed by atoms with van der Waals surface area (Å²) in [5, 5.41) is 2.90. The normalized spacial score (nSPS) is 13.6. The first-order valence-corrected chi connectivity index (χ1v) is 10.5. The molecule has 6 heteroatoms. The molecule has 0 aromatic heterocycles. The minimum Gasteiger partial charge on any atom is -0.489 e. The molecule has 3 aromatic carbocycles. The zero-order valence-electron chi connectivity index (χ0n) is 17.6. The van der Waals surface area contributed by atoms with Gasteiger partial charge in [-0.05, 0) is 60.9 Å². The molecule has 4 rings (SSSR count). The Bertz CT molecular complexity index is 1090. The third kappa shape index (κ3) is 5.72. The minimum atomic E-state index is -0.466. The Hall–Kier alpha value is -3.67. The molecule has 0 bridgehead atoms. The fraction of sp³-hybridized carbons (Fsp3) is 0.192. The third-order valence-electron chi connectivity index (χ3n) is 5.36. The van der Waals surface area contributed by atoms with Gasteiger partial charge in [-0.15, -0.1) is 0 Å². The van der Waals surface area contributed by atoms with Crippen molar-refractivity contribution in [1.82, 2.24) is 4.90 Å². The van der Waals surface area contributed by atoms with Gasteiger partial charge in [-0.25, -0.2) is 13.6 Å². The summed E-state index contributed by atoms with van der Waals surface area (Å²) in [5.41, 5.74) is 3.01. The van der Waals surface area contributed by atoms with Gasteiger partial charge in [0, 0.05) is 24.3 Å². The molecular weight excluding hydrogens is 410 g/mol. The monoisotopic (exact) mass is 434 g/mol. The van der Waals surface area contributed by atoms with E-state index in [9.17, 15) is 13.6 Å². The van der Waals surface area contributed by atoms with Crippen LogP contribution in [-0.2, 0) is 6.61 Å². The van der Waals surface area contributed by atoms with Crippen LogP contribution in [0.1, 0.15) is 24.0 Å². The highest BCUT2D eigenvalue weighted by Crippen LogP contribution is 2.23. The number of rotatable bonds is 5. The molecule has 0 radical (unpaired) electrons. The zero-order valence-corrected chi connectivity index (χ0v) is 17.6. The van der Waals surface area contributed by atoms with Gasteiger partial charge in [-0.3, -0.25) is 0 Å². The van der Waals surface area contributed by atoms with Gasteiger partial charge < -0.3 is 15.0 Å². The second-order valence-corrected chi connectivity index (χ2v) is 7.68. The summed E-state index contributed by atoms with van der Waals surface area (Å²) in [7, 11) is 0. The van der Waals surface area contributed by atoms with E-state index in [1.54, 1.807) is 23.1 Å². The SMILES string of the molecule is O=C(Nc1ccc(OCc2ccccc2)cc1)N1CCC(=Cc2cc(F)ccc2F)CC1. The molecule has 0 unspecified atom stereocenters. The Morgan fingerprint density at radius 3 is 2.41 bits per heavy atom. The summed E-state index contributed by atoms with van der Waals surface area (Å²) in [5.74, 6) is -0.189. The number of hydrogen-bond acceptors (Lipinski definition) is 2. The number of amides is 2. The third-order valence-corrected chi connectivity index (χ3v) is 5.36. The highest BCUT2D eigenvalue weighted by molar-refractivity contribution is 5.89. The Kier molecular flexibility index (Phi) is 6.80. The largest absolute Gasteiger partial charge is 0.489 e. The lowest BCUT2D eigenvalue weighted by Gasteiger charge is -2.28. The number of carbonyl (C=O) groups excluding carboxylic acids is 1. The molecule has 4 nitrogen and oxygen atoms in total. The zero-order chi connectivity index (χ0) is 22.3. The molecule has 2 amide bonds. The lowest BCUT2D eigenvalue weighted by molar-refractivity contribution is 0.208. The molecule has 0 saturated carbocycles. The van der Waals surface area contributed by atoms with E-state index in [1.807, 2.05) is 42.5 Å². The van der Waals surface area contributed by atoms with E-state index in [4.69, 9.17) is 4.74 Å². The first-order valence-electron chi connectivity index (χ1n) is 10.5. The van der Waals surface area contributed by atoms with Crippen LogP contribution in [0.2, 0.25) is 0 Å². The van der Waals surface area contributed by atoms with Crippen LogP contribution >= 0.6 is 0 Å². The van der Waals surface area contributed by atoms with E-state index in [0.29, 0.717) is 38.2 Å². The first-order chi connectivity index (χ1) is 15.6. The number of anilines is 1. The maximum absolute atomic E-state index is 13.8. The fourth-order valence-corrected chi connectivity index (χ4v) is 3.56. The molecule has 1 fully saturated rings. The lowest BCUT2D eigenvalue weighted by Crippen LogP contribution is -2.39. The molecule has 1 aliphatic heterocycles. The Morgan fingerprint density at radius 1 is 0.969 bits per heavy atom. The number of carbonyl (C=O) groups is 1. The first kappa shape index (κ1) is 21.6. The van der Waals surface area contributed by atoms with Crippen molar-refractivity contribution in [3.8, 4) is 5.75 Å². The van der Waals surface area contributed by atoms with Gasteiger partial charge in [-0.1, -0.05) is 42.0 Å². The van der Waals surface area contributed by atoms with Crippen molar-refractivity contribution in [1.29, 1.82) is 0 Å². The van der Waals surface area contributed by atoms with Gasteiger partial charge in [0.2, 0.25) is 0 Å². The molecule has 32 heavy (non-hydrogen) atoms. The van der Waals surface area contributed by atoms with Crippen molar-refractivity contribution in [2.45, 2.75) is 19.4 Å². The van der Waals surface area contributed by atoms with Crippen LogP contribution in [0.15, 0.2) is 78.4 Å². The summed E-state index contributed by atoms with van der Waals surface area (Å²) in [4.78, 5) is 14.3. The van der Waals surface area contributed by atoms with Crippen LogP contribution in [0, 0.1) is 11.6 Å². The number of benzene rings is 3. The maximum Gasteiger partial charge on any atom is 0.321 e. The quantitative estimate of drug-likeness (QED) is 0.515. The number of likely N-dealkylation sites (tertiary alicyclic amines) is 1. The second kappa shape index (κ2) is 10.1. The minimum absolute atomic E-state index is 0.182. The summed E-state index contributed by atoms with van der Waals surface area (Å²) >= 11 is 0. The van der Waals surface area contributed by atoms with Crippen molar-refractivity contribution in [3.63, 3.8) is 0 Å². The van der Waals surface area contributed by atoms with Crippen LogP contribution < -0.4 is 10.1 Å². The number of nitrogens with one attached hydrogen (secondary N) is 1. The van der Waals surface area contributed by atoms with E-state index in [2.05, 4.69) is 5.32 Å². The summed E-state index contributed by atoms with van der Waals surface area (Å²) in [6, 6.07) is 20.4. The molecule has 1 heterocycles. The molecule has 1 N–H and O–H groups in total. The Balaban J connectivity index is 1.27. The van der Waals surface area contributed by atoms with E-state index in [0.717, 1.165) is 29.0 Å². The average molecular weight is 434 g/mol. The van der Waals surface area contributed by atoms with Crippen LogP contribution in [0.5, 0.6) is 5.75 Å². The standard InChI is InChI=1S/C26H24F2N2O2/c27-22-6-11-25(28)21(17-22)16-19-12-14-30(15-13-19)26(31)29-23-7-9-24(10-8-23)32-18-20-4-2-1-3-5-20/h1-11,16-17H,12-15,18H2,(H,29,31). The molecule has 1 aliphatic rings. The predicted octanol–water partition coefficient (Wildman–Crippen LogP) is 6.26. The lowest BCUT2D eigenvalue weighted by atomic mass is 10.0. The molecule has 1 saturated heterocycles. The van der Waals surface area contributed by atoms with Gasteiger partial charge in [0.25, 0.3) is 0 Å². The Morgan fingerprint density at radius 2 is 1.69 bits per heavy atom. The highest BCUT2D eigenvalue weighted by atomic mass is 19.1. The highest BCUT2D eigenvalue weighted by Gasteiger charge is 2.19. The van der Waals surface area contributed by atoms with Gasteiger partial charge in [0.05, 0.1) is 0 Å². The van der Waals surface area contributed by atoms with Crippen molar-refractivity contribution < 1.29 is 18.3 Å². The van der Waals surface area contributed by atoms with E-state index < -0.39 is 11.6 Å². The molecule has 164 valence electrons. The summed E-state index contributed by atoms with van der Waals surface area (Å²) in [6.45, 7) is 1.52. The van der Waals surface area contributed by atoms with Gasteiger partial charge >= 0.3 is 6.03 Å². The maximum atomic E-state index is 13.8. The van der Waals surface area contributed by atoms with E-state index in [1.165, 1.54) is 6.07 Å². The number of halogens is 2. The fourth-order valence-electron chi connectivity index (χ4n) is 3.56. The predicted molar refractivity (Wildman–Crippen MR) is 121 cm³/mol. The van der Waals surface area contributed by atoms with Gasteiger partial charge in [-0.2, -0.15) is 0 Å². The molecule has 0 aliphatic carbocycles.